The van der Waals surface area contributed by atoms with Gasteiger partial charge in [0.2, 0.25) is 5.91 Å². The number of anilines is 1. The quantitative estimate of drug-likeness (QED) is 0.864. The second kappa shape index (κ2) is 6.98. The maximum absolute atomic E-state index is 11.9. The van der Waals surface area contributed by atoms with E-state index in [-0.39, 0.29) is 24.2 Å². The maximum atomic E-state index is 11.9. The molecule has 18 heavy (non-hydrogen) atoms. The Balaban J connectivity index is 0.00000289. The molecule has 0 unspecified atom stereocenters. The smallest absolute Gasteiger partial charge is 0.255 e. The second-order valence-electron chi connectivity index (χ2n) is 4.02. The van der Waals surface area contributed by atoms with Gasteiger partial charge in [-0.1, -0.05) is 12.1 Å². The van der Waals surface area contributed by atoms with Crippen molar-refractivity contribution < 1.29 is 9.59 Å². The molecule has 0 aliphatic carbocycles. The van der Waals surface area contributed by atoms with E-state index in [0.717, 1.165) is 0 Å². The van der Waals surface area contributed by atoms with E-state index in [0.29, 0.717) is 11.3 Å². The number of halogens is 1. The minimum atomic E-state index is -0.613. The van der Waals surface area contributed by atoms with E-state index < -0.39 is 6.04 Å². The largest absolute Gasteiger partial charge is 0.345 e. The van der Waals surface area contributed by atoms with Crippen LogP contribution in [0, 0.1) is 0 Å². The number of nitrogens with two attached hydrogens (primary N) is 1. The number of benzene rings is 1. The van der Waals surface area contributed by atoms with Crippen molar-refractivity contribution in [3.63, 3.8) is 0 Å². The van der Waals surface area contributed by atoms with Crippen LogP contribution in [-0.4, -0.2) is 36.9 Å². The molecule has 0 bridgehead atoms. The van der Waals surface area contributed by atoms with Crippen molar-refractivity contribution in [3.05, 3.63) is 29.8 Å². The van der Waals surface area contributed by atoms with Gasteiger partial charge in [-0.3, -0.25) is 9.59 Å². The molecular weight excluding hydrogens is 254 g/mol. The molecule has 100 valence electrons. The van der Waals surface area contributed by atoms with Gasteiger partial charge in [-0.05, 0) is 19.1 Å². The van der Waals surface area contributed by atoms with Crippen LogP contribution in [0.2, 0.25) is 0 Å². The highest BCUT2D eigenvalue weighted by molar-refractivity contribution is 6.04. The zero-order valence-corrected chi connectivity index (χ0v) is 11.5. The van der Waals surface area contributed by atoms with Crippen LogP contribution >= 0.6 is 12.4 Å². The van der Waals surface area contributed by atoms with Gasteiger partial charge >= 0.3 is 0 Å². The highest BCUT2D eigenvalue weighted by Gasteiger charge is 2.15. The third-order valence-corrected chi connectivity index (χ3v) is 2.24. The van der Waals surface area contributed by atoms with Gasteiger partial charge < -0.3 is 16.0 Å². The van der Waals surface area contributed by atoms with Crippen molar-refractivity contribution in [1.82, 2.24) is 4.90 Å². The molecule has 0 saturated heterocycles. The van der Waals surface area contributed by atoms with Crippen LogP contribution < -0.4 is 11.1 Å². The third kappa shape index (κ3) is 4.01. The molecule has 0 aliphatic rings. The van der Waals surface area contributed by atoms with E-state index in [9.17, 15) is 9.59 Å². The number of rotatable bonds is 3. The topological polar surface area (TPSA) is 75.4 Å². The lowest BCUT2D eigenvalue weighted by Gasteiger charge is -2.15. The molecule has 0 saturated carbocycles. The fourth-order valence-corrected chi connectivity index (χ4v) is 1.27. The molecule has 6 heteroatoms. The second-order valence-corrected chi connectivity index (χ2v) is 4.02. The van der Waals surface area contributed by atoms with E-state index in [2.05, 4.69) is 5.32 Å². The van der Waals surface area contributed by atoms with E-state index >= 15 is 0 Å². The van der Waals surface area contributed by atoms with E-state index in [4.69, 9.17) is 5.73 Å². The van der Waals surface area contributed by atoms with Crippen molar-refractivity contribution in [2.75, 3.05) is 19.4 Å². The Morgan fingerprint density at radius 2 is 1.83 bits per heavy atom. The summed E-state index contributed by atoms with van der Waals surface area (Å²) in [6.45, 7) is 1.59. The number of amides is 2. The van der Waals surface area contributed by atoms with Crippen molar-refractivity contribution in [2.24, 2.45) is 5.73 Å². The Labute approximate surface area is 113 Å². The van der Waals surface area contributed by atoms with Gasteiger partial charge in [-0.15, -0.1) is 12.4 Å². The molecule has 0 radical (unpaired) electrons. The first-order chi connectivity index (χ1) is 7.93. The van der Waals surface area contributed by atoms with Gasteiger partial charge in [0.15, 0.2) is 0 Å². The van der Waals surface area contributed by atoms with Gasteiger partial charge in [0, 0.05) is 14.1 Å². The van der Waals surface area contributed by atoms with Crippen molar-refractivity contribution in [3.8, 4) is 0 Å². The molecule has 3 N–H and O–H groups in total. The fourth-order valence-electron chi connectivity index (χ4n) is 1.27. The van der Waals surface area contributed by atoms with Crippen LogP contribution in [0.3, 0.4) is 0 Å². The minimum absolute atomic E-state index is 0. The standard InChI is InChI=1S/C12H17N3O2.ClH/c1-8(13)11(16)14-10-7-5-4-6-9(10)12(17)15(2)3;/h4-8H,13H2,1-3H3,(H,14,16);1H/t8-;/m1./s1. The summed E-state index contributed by atoms with van der Waals surface area (Å²) in [6, 6.07) is 6.23. The first-order valence-electron chi connectivity index (χ1n) is 5.30. The van der Waals surface area contributed by atoms with Crippen LogP contribution in [0.1, 0.15) is 17.3 Å². The monoisotopic (exact) mass is 271 g/mol. The van der Waals surface area contributed by atoms with Crippen molar-refractivity contribution in [2.45, 2.75) is 13.0 Å². The zero-order valence-electron chi connectivity index (χ0n) is 10.6. The predicted octanol–water partition coefficient (Wildman–Crippen LogP) is 1.10. The highest BCUT2D eigenvalue weighted by atomic mass is 35.5. The molecule has 0 aromatic heterocycles. The van der Waals surface area contributed by atoms with Gasteiger partial charge in [-0.25, -0.2) is 0 Å². The van der Waals surface area contributed by atoms with Crippen LogP contribution in [0.25, 0.3) is 0 Å². The van der Waals surface area contributed by atoms with Gasteiger partial charge in [0.05, 0.1) is 17.3 Å². The Morgan fingerprint density at radius 1 is 1.28 bits per heavy atom. The summed E-state index contributed by atoms with van der Waals surface area (Å²) in [6.07, 6.45) is 0. The first-order valence-corrected chi connectivity index (χ1v) is 5.30. The lowest BCUT2D eigenvalue weighted by molar-refractivity contribution is -0.117. The van der Waals surface area contributed by atoms with Crippen LogP contribution in [0.4, 0.5) is 5.69 Å². The Hall–Kier alpha value is -1.59. The molecule has 2 amide bonds. The molecule has 1 atom stereocenters. The van der Waals surface area contributed by atoms with Gasteiger partial charge in [-0.2, -0.15) is 0 Å². The summed E-state index contributed by atoms with van der Waals surface area (Å²) in [5.74, 6) is -0.477. The highest BCUT2D eigenvalue weighted by Crippen LogP contribution is 2.16. The number of nitrogens with one attached hydrogen (secondary N) is 1. The van der Waals surface area contributed by atoms with Crippen molar-refractivity contribution >= 4 is 29.9 Å². The predicted molar refractivity (Wildman–Crippen MR) is 74.0 cm³/mol. The van der Waals surface area contributed by atoms with Crippen molar-refractivity contribution in [1.29, 1.82) is 0 Å². The third-order valence-electron chi connectivity index (χ3n) is 2.24. The first kappa shape index (κ1) is 16.4. The van der Waals surface area contributed by atoms with E-state index in [1.165, 1.54) is 4.90 Å². The number of carbonyl (C=O) groups excluding carboxylic acids is 2. The lowest BCUT2D eigenvalue weighted by atomic mass is 10.1. The lowest BCUT2D eigenvalue weighted by Crippen LogP contribution is -2.33. The number of hydrogen-bond donors (Lipinski definition) is 2. The number of carbonyl (C=O) groups is 2. The van der Waals surface area contributed by atoms with E-state index in [1.807, 2.05) is 0 Å². The average Bonchev–Trinajstić information content (AvgIpc) is 2.28. The molecule has 0 aliphatic heterocycles. The molecule has 1 aromatic rings. The minimum Gasteiger partial charge on any atom is -0.345 e. The SMILES string of the molecule is C[C@@H](N)C(=O)Nc1ccccc1C(=O)N(C)C.Cl. The molecule has 0 heterocycles. The molecular formula is C12H18ClN3O2. The number of nitrogens with zero attached hydrogens (tertiary/aromatic N) is 1. The van der Waals surface area contributed by atoms with Gasteiger partial charge in [0.25, 0.3) is 5.91 Å². The van der Waals surface area contributed by atoms with E-state index in [1.54, 1.807) is 45.3 Å². The Bertz CT molecular complexity index is 433. The summed E-state index contributed by atoms with van der Waals surface area (Å²) in [5.41, 5.74) is 6.39. The van der Waals surface area contributed by atoms with Crippen LogP contribution in [0.15, 0.2) is 24.3 Å². The average molecular weight is 272 g/mol. The molecule has 0 fully saturated rings. The van der Waals surface area contributed by atoms with Gasteiger partial charge in [0.1, 0.15) is 0 Å². The van der Waals surface area contributed by atoms with Crippen LogP contribution in [-0.2, 0) is 4.79 Å². The summed E-state index contributed by atoms with van der Waals surface area (Å²) in [7, 11) is 3.32. The molecule has 1 rings (SSSR count). The number of para-hydroxylation sites is 1. The zero-order chi connectivity index (χ0) is 13.0. The summed E-state index contributed by atoms with van der Waals surface area (Å²) in [5, 5.41) is 2.63. The molecule has 5 nitrogen and oxygen atoms in total. The molecule has 1 aromatic carbocycles. The molecule has 0 spiro atoms. The normalized spacial score (nSPS) is 11.1. The Morgan fingerprint density at radius 3 is 2.33 bits per heavy atom. The maximum Gasteiger partial charge on any atom is 0.255 e. The summed E-state index contributed by atoms with van der Waals surface area (Å²) < 4.78 is 0. The Kier molecular flexibility index (Phi) is 6.36. The van der Waals surface area contributed by atoms with Crippen LogP contribution in [0.5, 0.6) is 0 Å². The summed E-state index contributed by atoms with van der Waals surface area (Å²) >= 11 is 0. The fraction of sp³-hybridized carbons (Fsp3) is 0.333. The summed E-state index contributed by atoms with van der Waals surface area (Å²) in [4.78, 5) is 24.8. The number of hydrogen-bond acceptors (Lipinski definition) is 3.